The van der Waals surface area contributed by atoms with E-state index in [1.165, 1.54) is 0 Å². The highest BCUT2D eigenvalue weighted by molar-refractivity contribution is 7.85. The maximum atomic E-state index is 12.4. The fourth-order valence-electron chi connectivity index (χ4n) is 2.12. The largest absolute Gasteiger partial charge is 0.486 e. The van der Waals surface area contributed by atoms with Gasteiger partial charge in [-0.15, -0.1) is 10.2 Å². The first kappa shape index (κ1) is 15.3. The summed E-state index contributed by atoms with van der Waals surface area (Å²) in [6, 6.07) is 3.36. The number of halogens is 1. The van der Waals surface area contributed by atoms with Gasteiger partial charge in [0.2, 0.25) is 11.8 Å². The Balaban J connectivity index is 1.64. The van der Waals surface area contributed by atoms with Gasteiger partial charge >= 0.3 is 0 Å². The molecule has 1 aliphatic heterocycles. The van der Waals surface area contributed by atoms with Crippen molar-refractivity contribution in [2.24, 2.45) is 0 Å². The van der Waals surface area contributed by atoms with E-state index in [0.29, 0.717) is 65.0 Å². The highest BCUT2D eigenvalue weighted by Gasteiger charge is 2.18. The number of aryl methyl sites for hydroxylation is 2. The molecule has 0 spiro atoms. The van der Waals surface area contributed by atoms with Crippen LogP contribution in [-0.2, 0) is 17.2 Å². The second-order valence-corrected chi connectivity index (χ2v) is 6.74. The number of hydrogen-bond acceptors (Lipinski definition) is 6. The number of ether oxygens (including phenoxy) is 2. The zero-order chi connectivity index (χ0) is 15.5. The maximum absolute atomic E-state index is 12.4. The molecular weight excluding hydrogens is 328 g/mol. The second kappa shape index (κ2) is 6.66. The summed E-state index contributed by atoms with van der Waals surface area (Å²) in [4.78, 5) is 0.563. The van der Waals surface area contributed by atoms with E-state index in [0.717, 1.165) is 0 Å². The van der Waals surface area contributed by atoms with E-state index in [1.807, 2.05) is 0 Å². The summed E-state index contributed by atoms with van der Waals surface area (Å²) in [5.41, 5.74) is 0. The van der Waals surface area contributed by atoms with Crippen LogP contribution in [0.5, 0.6) is 11.5 Å². The first-order valence-corrected chi connectivity index (χ1v) is 8.59. The van der Waals surface area contributed by atoms with Crippen LogP contribution >= 0.6 is 11.6 Å². The Labute approximate surface area is 135 Å². The van der Waals surface area contributed by atoms with Gasteiger partial charge in [-0.1, -0.05) is 11.6 Å². The molecule has 3 rings (SSSR count). The molecular formula is C14H15ClN2O4S. The van der Waals surface area contributed by atoms with E-state index in [9.17, 15) is 4.21 Å². The molecule has 1 atom stereocenters. The lowest BCUT2D eigenvalue weighted by atomic mass is 10.3. The van der Waals surface area contributed by atoms with Crippen molar-refractivity contribution in [1.29, 1.82) is 0 Å². The van der Waals surface area contributed by atoms with E-state index in [1.54, 1.807) is 19.1 Å². The molecule has 1 aromatic heterocycles. The van der Waals surface area contributed by atoms with E-state index >= 15 is 0 Å². The molecule has 1 aromatic carbocycles. The Morgan fingerprint density at radius 2 is 1.95 bits per heavy atom. The van der Waals surface area contributed by atoms with Crippen LogP contribution in [-0.4, -0.2) is 33.4 Å². The molecule has 0 aliphatic carbocycles. The second-order valence-electron chi connectivity index (χ2n) is 4.79. The minimum atomic E-state index is -1.22. The molecule has 2 aromatic rings. The summed E-state index contributed by atoms with van der Waals surface area (Å²) in [7, 11) is -1.22. The van der Waals surface area contributed by atoms with Crippen molar-refractivity contribution in [3.63, 3.8) is 0 Å². The molecule has 0 N–H and O–H groups in total. The quantitative estimate of drug-likeness (QED) is 0.831. The van der Waals surface area contributed by atoms with Gasteiger partial charge in [0.25, 0.3) is 0 Å². The van der Waals surface area contributed by atoms with Crippen LogP contribution in [0.3, 0.4) is 0 Å². The van der Waals surface area contributed by atoms with Crippen LogP contribution in [0.25, 0.3) is 0 Å². The van der Waals surface area contributed by atoms with Gasteiger partial charge in [0.15, 0.2) is 11.5 Å². The Kier molecular flexibility index (Phi) is 4.63. The van der Waals surface area contributed by atoms with Crippen LogP contribution in [0.15, 0.2) is 21.4 Å². The molecule has 0 saturated heterocycles. The number of hydrogen-bond donors (Lipinski definition) is 0. The smallest absolute Gasteiger partial charge is 0.216 e. The summed E-state index contributed by atoms with van der Waals surface area (Å²) in [6.07, 6.45) is 1.26. The third-order valence-electron chi connectivity index (χ3n) is 3.13. The van der Waals surface area contributed by atoms with Crippen LogP contribution < -0.4 is 9.47 Å². The van der Waals surface area contributed by atoms with E-state index in [4.69, 9.17) is 25.5 Å². The Bertz CT molecular complexity index is 704. The monoisotopic (exact) mass is 342 g/mol. The predicted molar refractivity (Wildman–Crippen MR) is 81.1 cm³/mol. The van der Waals surface area contributed by atoms with Crippen LogP contribution in [0.1, 0.15) is 18.2 Å². The molecule has 118 valence electrons. The molecule has 0 radical (unpaired) electrons. The Morgan fingerprint density at radius 3 is 2.64 bits per heavy atom. The van der Waals surface area contributed by atoms with Gasteiger partial charge in [-0.3, -0.25) is 4.21 Å². The van der Waals surface area contributed by atoms with Gasteiger partial charge in [-0.05, 0) is 6.42 Å². The van der Waals surface area contributed by atoms with Crippen molar-refractivity contribution in [2.75, 3.05) is 19.0 Å². The van der Waals surface area contributed by atoms with Gasteiger partial charge in [0.1, 0.15) is 13.2 Å². The Hall–Kier alpha value is -1.60. The molecule has 0 fully saturated rings. The fourth-order valence-corrected chi connectivity index (χ4v) is 3.68. The summed E-state index contributed by atoms with van der Waals surface area (Å²) in [6.45, 7) is 2.72. The zero-order valence-corrected chi connectivity index (χ0v) is 13.6. The average Bonchev–Trinajstić information content (AvgIpc) is 2.92. The Morgan fingerprint density at radius 1 is 1.23 bits per heavy atom. The van der Waals surface area contributed by atoms with Crippen molar-refractivity contribution in [3.05, 3.63) is 28.9 Å². The van der Waals surface area contributed by atoms with Gasteiger partial charge in [0.05, 0.1) is 20.7 Å². The maximum Gasteiger partial charge on any atom is 0.216 e. The molecule has 8 heteroatoms. The molecule has 2 heterocycles. The lowest BCUT2D eigenvalue weighted by Gasteiger charge is -2.19. The van der Waals surface area contributed by atoms with Crippen molar-refractivity contribution in [3.8, 4) is 11.5 Å². The molecule has 0 unspecified atom stereocenters. The minimum Gasteiger partial charge on any atom is -0.486 e. The van der Waals surface area contributed by atoms with Gasteiger partial charge in [-0.2, -0.15) is 0 Å². The topological polar surface area (TPSA) is 74.5 Å². The normalized spacial score (nSPS) is 14.8. The summed E-state index contributed by atoms with van der Waals surface area (Å²) >= 11 is 6.19. The molecule has 0 amide bonds. The number of aromatic nitrogens is 2. The van der Waals surface area contributed by atoms with E-state index in [2.05, 4.69) is 10.2 Å². The van der Waals surface area contributed by atoms with Crippen molar-refractivity contribution < 1.29 is 18.1 Å². The lowest BCUT2D eigenvalue weighted by molar-refractivity contribution is 0.171. The van der Waals surface area contributed by atoms with E-state index in [-0.39, 0.29) is 0 Å². The van der Waals surface area contributed by atoms with Gasteiger partial charge < -0.3 is 13.9 Å². The average molecular weight is 343 g/mol. The highest BCUT2D eigenvalue weighted by Crippen LogP contribution is 2.36. The van der Waals surface area contributed by atoms with Gasteiger partial charge in [0, 0.05) is 31.2 Å². The summed E-state index contributed by atoms with van der Waals surface area (Å²) < 4.78 is 28.6. The highest BCUT2D eigenvalue weighted by atomic mass is 35.5. The minimum absolute atomic E-state index is 0.427. The molecule has 0 bridgehead atoms. The third-order valence-corrected chi connectivity index (χ3v) is 5.04. The van der Waals surface area contributed by atoms with Crippen LogP contribution in [0.4, 0.5) is 0 Å². The summed E-state index contributed by atoms with van der Waals surface area (Å²) in [5.74, 6) is 2.74. The lowest BCUT2D eigenvalue weighted by Crippen LogP contribution is -2.15. The molecule has 6 nitrogen and oxygen atoms in total. The third kappa shape index (κ3) is 3.41. The van der Waals surface area contributed by atoms with Crippen LogP contribution in [0.2, 0.25) is 5.02 Å². The van der Waals surface area contributed by atoms with Crippen molar-refractivity contribution in [2.45, 2.75) is 24.7 Å². The molecule has 1 aliphatic rings. The number of fused-ring (bicyclic) bond motifs is 1. The molecule has 22 heavy (non-hydrogen) atoms. The zero-order valence-electron chi connectivity index (χ0n) is 12.0. The van der Waals surface area contributed by atoms with Crippen molar-refractivity contribution in [1.82, 2.24) is 10.2 Å². The van der Waals surface area contributed by atoms with Gasteiger partial charge in [-0.25, -0.2) is 0 Å². The first-order chi connectivity index (χ1) is 10.6. The number of rotatable bonds is 5. The number of benzene rings is 1. The van der Waals surface area contributed by atoms with Crippen molar-refractivity contribution >= 4 is 22.4 Å². The standard InChI is InChI=1S/C14H15ClN2O4S/c1-9-16-17-14(21-9)3-2-6-22(18)13-8-12-11(7-10(13)15)19-4-5-20-12/h7-8H,2-6H2,1H3/t22-/m0/s1. The predicted octanol–water partition coefficient (Wildman–Crippen LogP) is 2.54. The SMILES string of the molecule is Cc1nnc(CCC[S@](=O)c2cc3c(cc2Cl)OCCO3)o1. The fraction of sp³-hybridized carbons (Fsp3) is 0.429. The molecule has 0 saturated carbocycles. The summed E-state index contributed by atoms with van der Waals surface area (Å²) in [5, 5.41) is 8.10. The van der Waals surface area contributed by atoms with E-state index < -0.39 is 10.8 Å². The number of nitrogens with zero attached hydrogens (tertiary/aromatic N) is 2. The first-order valence-electron chi connectivity index (χ1n) is 6.90. The van der Waals surface area contributed by atoms with Crippen LogP contribution in [0, 0.1) is 6.92 Å².